The average molecular weight is 210 g/mol. The van der Waals surface area contributed by atoms with Crippen LogP contribution in [-0.4, -0.2) is 14.9 Å². The lowest BCUT2D eigenvalue weighted by molar-refractivity contribution is -0.121. The first-order valence-corrected chi connectivity index (χ1v) is 4.79. The summed E-state index contributed by atoms with van der Waals surface area (Å²) in [5.41, 5.74) is -1.28. The fourth-order valence-electron chi connectivity index (χ4n) is 1.32. The maximum Gasteiger partial charge on any atom is 0.317 e. The third-order valence-electron chi connectivity index (χ3n) is 2.42. The molecule has 1 rings (SSSR count). The molecule has 1 unspecified atom stereocenters. The Morgan fingerprint density at radius 3 is 2.47 bits per heavy atom. The molecule has 0 spiro atoms. The van der Waals surface area contributed by atoms with E-state index in [1.54, 1.807) is 13.8 Å². The Labute approximate surface area is 87.0 Å². The van der Waals surface area contributed by atoms with Gasteiger partial charge in [-0.05, 0) is 6.92 Å². The lowest BCUT2D eigenvalue weighted by Gasteiger charge is -2.12. The summed E-state index contributed by atoms with van der Waals surface area (Å²) in [6.07, 6.45) is 3.29. The smallest absolute Gasteiger partial charge is 0.312 e. The topological polar surface area (TPSA) is 61.1 Å². The predicted octanol–water partition coefficient (Wildman–Crippen LogP) is 0.0871. The quantitative estimate of drug-likeness (QED) is 0.664. The number of carbonyl (C=O) groups is 1. The molecule has 0 saturated carbocycles. The van der Waals surface area contributed by atoms with E-state index in [0.29, 0.717) is 6.42 Å². The molecule has 0 saturated heterocycles. The summed E-state index contributed by atoms with van der Waals surface area (Å²) in [7, 11) is 1.50. The van der Waals surface area contributed by atoms with Crippen LogP contribution in [0.1, 0.15) is 26.3 Å². The second kappa shape index (κ2) is 4.25. The summed E-state index contributed by atoms with van der Waals surface area (Å²) < 4.78 is 2.37. The molecule has 1 aromatic heterocycles. The Kier molecular flexibility index (Phi) is 3.24. The minimum atomic E-state index is -0.658. The lowest BCUT2D eigenvalue weighted by atomic mass is 10.1. The van der Waals surface area contributed by atoms with Crippen molar-refractivity contribution < 1.29 is 4.79 Å². The van der Waals surface area contributed by atoms with Gasteiger partial charge in [-0.1, -0.05) is 6.92 Å². The minimum absolute atomic E-state index is 0.0645. The SMILES string of the molecule is CCC(=O)C(C)n1ccn(C)c(=O)c1=O. The first kappa shape index (κ1) is 11.4. The maximum atomic E-state index is 11.5. The number of aromatic nitrogens is 2. The molecule has 5 heteroatoms. The van der Waals surface area contributed by atoms with E-state index in [-0.39, 0.29) is 5.78 Å². The van der Waals surface area contributed by atoms with Gasteiger partial charge >= 0.3 is 11.1 Å². The first-order chi connectivity index (χ1) is 6.99. The molecule has 1 atom stereocenters. The van der Waals surface area contributed by atoms with Gasteiger partial charge in [-0.25, -0.2) is 0 Å². The predicted molar refractivity (Wildman–Crippen MR) is 56.0 cm³/mol. The van der Waals surface area contributed by atoms with Crippen molar-refractivity contribution in [2.45, 2.75) is 26.3 Å². The van der Waals surface area contributed by atoms with Gasteiger partial charge in [0.2, 0.25) is 0 Å². The fraction of sp³-hybridized carbons (Fsp3) is 0.500. The number of ketones is 1. The van der Waals surface area contributed by atoms with Crippen molar-refractivity contribution in [3.8, 4) is 0 Å². The number of hydrogen-bond acceptors (Lipinski definition) is 3. The zero-order chi connectivity index (χ0) is 11.6. The second-order valence-corrected chi connectivity index (χ2v) is 3.42. The maximum absolute atomic E-state index is 11.5. The third-order valence-corrected chi connectivity index (χ3v) is 2.42. The van der Waals surface area contributed by atoms with Crippen molar-refractivity contribution in [1.29, 1.82) is 0 Å². The van der Waals surface area contributed by atoms with Crippen LogP contribution in [0.2, 0.25) is 0 Å². The zero-order valence-electron chi connectivity index (χ0n) is 9.06. The van der Waals surface area contributed by atoms with Gasteiger partial charge in [0.25, 0.3) is 0 Å². The van der Waals surface area contributed by atoms with Gasteiger partial charge in [0, 0.05) is 25.9 Å². The highest BCUT2D eigenvalue weighted by molar-refractivity contribution is 5.81. The van der Waals surface area contributed by atoms with Gasteiger partial charge in [-0.2, -0.15) is 0 Å². The van der Waals surface area contributed by atoms with E-state index in [2.05, 4.69) is 0 Å². The number of carbonyl (C=O) groups excluding carboxylic acids is 1. The van der Waals surface area contributed by atoms with Gasteiger partial charge in [0.1, 0.15) is 0 Å². The van der Waals surface area contributed by atoms with E-state index in [9.17, 15) is 14.4 Å². The summed E-state index contributed by atoms with van der Waals surface area (Å²) in [5, 5.41) is 0. The number of rotatable bonds is 3. The van der Waals surface area contributed by atoms with Gasteiger partial charge in [0.15, 0.2) is 5.78 Å². The molecule has 1 heterocycles. The fourth-order valence-corrected chi connectivity index (χ4v) is 1.32. The number of hydrogen-bond donors (Lipinski definition) is 0. The molecular formula is C10H14N2O3. The van der Waals surface area contributed by atoms with Crippen molar-refractivity contribution in [3.63, 3.8) is 0 Å². The number of nitrogens with zero attached hydrogens (tertiary/aromatic N) is 2. The van der Waals surface area contributed by atoms with Crippen molar-refractivity contribution in [1.82, 2.24) is 9.13 Å². The highest BCUT2D eigenvalue weighted by Gasteiger charge is 2.15. The first-order valence-electron chi connectivity index (χ1n) is 4.79. The molecule has 0 aliphatic heterocycles. The Morgan fingerprint density at radius 1 is 1.33 bits per heavy atom. The molecule has 1 aromatic rings. The second-order valence-electron chi connectivity index (χ2n) is 3.42. The molecule has 0 aliphatic rings. The van der Waals surface area contributed by atoms with Gasteiger partial charge in [-0.3, -0.25) is 19.0 Å². The van der Waals surface area contributed by atoms with Crippen molar-refractivity contribution in [2.75, 3.05) is 0 Å². The van der Waals surface area contributed by atoms with Gasteiger partial charge in [0.05, 0.1) is 6.04 Å². The highest BCUT2D eigenvalue weighted by atomic mass is 16.2. The van der Waals surface area contributed by atoms with E-state index in [4.69, 9.17) is 0 Å². The van der Waals surface area contributed by atoms with Crippen molar-refractivity contribution >= 4 is 5.78 Å². The number of Topliss-reactive ketones (excluding diaryl/α,β-unsaturated/α-hetero) is 1. The Morgan fingerprint density at radius 2 is 1.93 bits per heavy atom. The standard InChI is InChI=1S/C10H14N2O3/c1-4-8(13)7(2)12-6-5-11(3)9(14)10(12)15/h5-7H,4H2,1-3H3. The van der Waals surface area contributed by atoms with E-state index >= 15 is 0 Å². The summed E-state index contributed by atoms with van der Waals surface area (Å²) in [6, 6.07) is -0.573. The summed E-state index contributed by atoms with van der Waals surface area (Å²) in [5.74, 6) is -0.0645. The Balaban J connectivity index is 3.29. The zero-order valence-corrected chi connectivity index (χ0v) is 9.06. The number of aryl methyl sites for hydroxylation is 1. The molecule has 0 aromatic carbocycles. The molecule has 5 nitrogen and oxygen atoms in total. The van der Waals surface area contributed by atoms with Crippen molar-refractivity contribution in [3.05, 3.63) is 33.1 Å². The Bertz CT molecular complexity index is 484. The Hall–Kier alpha value is -1.65. The third kappa shape index (κ3) is 2.06. The van der Waals surface area contributed by atoms with Crippen LogP contribution < -0.4 is 11.1 Å². The van der Waals surface area contributed by atoms with Crippen LogP contribution in [0.3, 0.4) is 0 Å². The summed E-state index contributed by atoms with van der Waals surface area (Å²) >= 11 is 0. The average Bonchev–Trinajstić information content (AvgIpc) is 2.24. The molecule has 15 heavy (non-hydrogen) atoms. The van der Waals surface area contributed by atoms with Crippen LogP contribution in [0.15, 0.2) is 22.0 Å². The van der Waals surface area contributed by atoms with Gasteiger partial charge in [-0.15, -0.1) is 0 Å². The molecule has 82 valence electrons. The lowest BCUT2D eigenvalue weighted by Crippen LogP contribution is -2.41. The molecule has 0 amide bonds. The monoisotopic (exact) mass is 210 g/mol. The van der Waals surface area contributed by atoms with Crippen LogP contribution in [0, 0.1) is 0 Å². The van der Waals surface area contributed by atoms with Gasteiger partial charge < -0.3 is 4.57 Å². The van der Waals surface area contributed by atoms with Crippen LogP contribution in [-0.2, 0) is 11.8 Å². The molecule has 0 radical (unpaired) electrons. The van der Waals surface area contributed by atoms with E-state index < -0.39 is 17.2 Å². The highest BCUT2D eigenvalue weighted by Crippen LogP contribution is 2.04. The van der Waals surface area contributed by atoms with Crippen molar-refractivity contribution in [2.24, 2.45) is 7.05 Å². The van der Waals surface area contributed by atoms with Crippen LogP contribution >= 0.6 is 0 Å². The molecule has 0 N–H and O–H groups in total. The summed E-state index contributed by atoms with van der Waals surface area (Å²) in [4.78, 5) is 34.2. The van der Waals surface area contributed by atoms with Crippen LogP contribution in [0.25, 0.3) is 0 Å². The molecular weight excluding hydrogens is 196 g/mol. The van der Waals surface area contributed by atoms with Crippen LogP contribution in [0.4, 0.5) is 0 Å². The normalized spacial score (nSPS) is 12.5. The largest absolute Gasteiger partial charge is 0.317 e. The van der Waals surface area contributed by atoms with Crippen LogP contribution in [0.5, 0.6) is 0 Å². The van der Waals surface area contributed by atoms with E-state index in [1.165, 1.54) is 28.6 Å². The van der Waals surface area contributed by atoms with E-state index in [1.807, 2.05) is 0 Å². The molecule has 0 bridgehead atoms. The minimum Gasteiger partial charge on any atom is -0.312 e. The molecule has 0 aliphatic carbocycles. The van der Waals surface area contributed by atoms with E-state index in [0.717, 1.165) is 0 Å². The molecule has 0 fully saturated rings. The summed E-state index contributed by atoms with van der Waals surface area (Å²) in [6.45, 7) is 3.34.